The SMILES string of the molecule is O=CNc1n[nH]c2ccc(-c3cc(F)ccc3C(F)(F)F)cc12. The first kappa shape index (κ1) is 15.0. The van der Waals surface area contributed by atoms with Crippen LogP contribution in [0.25, 0.3) is 22.0 Å². The lowest BCUT2D eigenvalue weighted by Crippen LogP contribution is -2.07. The third kappa shape index (κ3) is 2.75. The first-order chi connectivity index (χ1) is 10.9. The second-order valence-corrected chi connectivity index (χ2v) is 4.78. The largest absolute Gasteiger partial charge is 0.417 e. The Balaban J connectivity index is 2.22. The number of carbonyl (C=O) groups excluding carboxylic acids is 1. The van der Waals surface area contributed by atoms with Crippen LogP contribution in [0.2, 0.25) is 0 Å². The van der Waals surface area contributed by atoms with Gasteiger partial charge in [0.05, 0.1) is 11.1 Å². The number of carbonyl (C=O) groups is 1. The van der Waals surface area contributed by atoms with Crippen LogP contribution >= 0.6 is 0 Å². The van der Waals surface area contributed by atoms with Gasteiger partial charge in [-0.3, -0.25) is 9.89 Å². The molecular formula is C15H9F4N3O. The van der Waals surface area contributed by atoms with Crippen molar-refractivity contribution >= 4 is 23.1 Å². The fourth-order valence-corrected chi connectivity index (χ4v) is 2.35. The Labute approximate surface area is 127 Å². The average molecular weight is 323 g/mol. The number of amides is 1. The van der Waals surface area contributed by atoms with Gasteiger partial charge in [-0.05, 0) is 41.5 Å². The highest BCUT2D eigenvalue weighted by molar-refractivity contribution is 5.96. The Morgan fingerprint density at radius 1 is 1.13 bits per heavy atom. The van der Waals surface area contributed by atoms with Gasteiger partial charge < -0.3 is 5.32 Å². The molecule has 0 bridgehead atoms. The van der Waals surface area contributed by atoms with Gasteiger partial charge in [-0.25, -0.2) is 4.39 Å². The molecule has 0 saturated heterocycles. The molecule has 0 aliphatic heterocycles. The molecule has 1 amide bonds. The van der Waals surface area contributed by atoms with Gasteiger partial charge >= 0.3 is 6.18 Å². The third-order valence-corrected chi connectivity index (χ3v) is 3.36. The molecule has 23 heavy (non-hydrogen) atoms. The summed E-state index contributed by atoms with van der Waals surface area (Å²) in [6.07, 6.45) is -4.20. The summed E-state index contributed by atoms with van der Waals surface area (Å²) in [4.78, 5) is 10.5. The summed E-state index contributed by atoms with van der Waals surface area (Å²) in [5.41, 5.74) is -0.521. The minimum Gasteiger partial charge on any atom is -0.311 e. The summed E-state index contributed by atoms with van der Waals surface area (Å²) in [5.74, 6) is -0.589. The molecule has 1 heterocycles. The van der Waals surface area contributed by atoms with E-state index in [4.69, 9.17) is 0 Å². The van der Waals surface area contributed by atoms with Crippen LogP contribution in [-0.2, 0) is 11.0 Å². The van der Waals surface area contributed by atoms with Crippen molar-refractivity contribution in [1.29, 1.82) is 0 Å². The Morgan fingerprint density at radius 2 is 1.91 bits per heavy atom. The van der Waals surface area contributed by atoms with Crippen molar-refractivity contribution in [2.45, 2.75) is 6.18 Å². The van der Waals surface area contributed by atoms with E-state index in [1.165, 1.54) is 18.2 Å². The van der Waals surface area contributed by atoms with Gasteiger partial charge in [-0.15, -0.1) is 0 Å². The number of halogens is 4. The van der Waals surface area contributed by atoms with E-state index in [1.807, 2.05) is 0 Å². The van der Waals surface area contributed by atoms with E-state index in [2.05, 4.69) is 15.5 Å². The Kier molecular flexibility index (Phi) is 3.51. The van der Waals surface area contributed by atoms with E-state index >= 15 is 0 Å². The van der Waals surface area contributed by atoms with Gasteiger partial charge in [0, 0.05) is 5.39 Å². The second-order valence-electron chi connectivity index (χ2n) is 4.78. The van der Waals surface area contributed by atoms with Crippen molar-refractivity contribution in [3.05, 3.63) is 47.8 Å². The summed E-state index contributed by atoms with van der Waals surface area (Å²) >= 11 is 0. The highest BCUT2D eigenvalue weighted by Crippen LogP contribution is 2.38. The molecule has 0 aliphatic rings. The lowest BCUT2D eigenvalue weighted by Gasteiger charge is -2.13. The number of aromatic amines is 1. The van der Waals surface area contributed by atoms with Gasteiger partial charge in [0.2, 0.25) is 6.41 Å². The molecule has 0 radical (unpaired) electrons. The first-order valence-corrected chi connectivity index (χ1v) is 6.45. The van der Waals surface area contributed by atoms with Gasteiger partial charge in [0.15, 0.2) is 5.82 Å². The van der Waals surface area contributed by atoms with E-state index < -0.39 is 17.6 Å². The Morgan fingerprint density at radius 3 is 2.61 bits per heavy atom. The number of hydrogen-bond donors (Lipinski definition) is 2. The molecular weight excluding hydrogens is 314 g/mol. The smallest absolute Gasteiger partial charge is 0.311 e. The van der Waals surface area contributed by atoms with Crippen molar-refractivity contribution in [2.75, 3.05) is 5.32 Å². The number of aromatic nitrogens is 2. The molecule has 0 atom stereocenters. The molecule has 1 aromatic heterocycles. The van der Waals surface area contributed by atoms with E-state index in [-0.39, 0.29) is 16.9 Å². The van der Waals surface area contributed by atoms with Gasteiger partial charge in [-0.1, -0.05) is 6.07 Å². The summed E-state index contributed by atoms with van der Waals surface area (Å²) in [5, 5.41) is 9.25. The molecule has 0 saturated carbocycles. The van der Waals surface area contributed by atoms with E-state index in [0.29, 0.717) is 23.4 Å². The molecule has 3 rings (SSSR count). The lowest BCUT2D eigenvalue weighted by atomic mass is 9.98. The van der Waals surface area contributed by atoms with Crippen LogP contribution in [0.1, 0.15) is 5.56 Å². The van der Waals surface area contributed by atoms with Gasteiger partial charge in [0.25, 0.3) is 0 Å². The molecule has 0 fully saturated rings. The maximum Gasteiger partial charge on any atom is 0.417 e. The van der Waals surface area contributed by atoms with Gasteiger partial charge in [-0.2, -0.15) is 18.3 Å². The normalized spacial score (nSPS) is 11.7. The zero-order valence-corrected chi connectivity index (χ0v) is 11.4. The van der Waals surface area contributed by atoms with Crippen molar-refractivity contribution < 1.29 is 22.4 Å². The highest BCUT2D eigenvalue weighted by atomic mass is 19.4. The zero-order valence-electron chi connectivity index (χ0n) is 11.4. The third-order valence-electron chi connectivity index (χ3n) is 3.36. The zero-order chi connectivity index (χ0) is 16.6. The number of nitrogens with zero attached hydrogens (tertiary/aromatic N) is 1. The molecule has 0 unspecified atom stereocenters. The fraction of sp³-hybridized carbons (Fsp3) is 0.0667. The Bertz CT molecular complexity index is 886. The number of H-pyrrole nitrogens is 1. The maximum atomic E-state index is 13.4. The summed E-state index contributed by atoms with van der Waals surface area (Å²) in [6.45, 7) is 0. The quantitative estimate of drug-likeness (QED) is 0.566. The molecule has 0 spiro atoms. The number of anilines is 1. The summed E-state index contributed by atoms with van der Waals surface area (Å²) < 4.78 is 52.8. The number of fused-ring (bicyclic) bond motifs is 1. The van der Waals surface area contributed by atoms with Crippen LogP contribution in [0.4, 0.5) is 23.4 Å². The van der Waals surface area contributed by atoms with Crippen LogP contribution < -0.4 is 5.32 Å². The first-order valence-electron chi connectivity index (χ1n) is 6.45. The maximum absolute atomic E-state index is 13.4. The second kappa shape index (κ2) is 5.38. The predicted molar refractivity (Wildman–Crippen MR) is 76.2 cm³/mol. The van der Waals surface area contributed by atoms with Crippen molar-refractivity contribution in [3.8, 4) is 11.1 Å². The minimum absolute atomic E-state index is 0.166. The van der Waals surface area contributed by atoms with Crippen LogP contribution in [0.5, 0.6) is 0 Å². The number of rotatable bonds is 3. The topological polar surface area (TPSA) is 57.8 Å². The van der Waals surface area contributed by atoms with E-state index in [1.54, 1.807) is 0 Å². The molecule has 3 aromatic rings. The van der Waals surface area contributed by atoms with Crippen LogP contribution in [0.15, 0.2) is 36.4 Å². The molecule has 0 aliphatic carbocycles. The number of alkyl halides is 3. The number of benzene rings is 2. The molecule has 118 valence electrons. The minimum atomic E-state index is -4.61. The van der Waals surface area contributed by atoms with Gasteiger partial charge in [0.1, 0.15) is 5.82 Å². The molecule has 2 N–H and O–H groups in total. The van der Waals surface area contributed by atoms with Crippen LogP contribution in [0, 0.1) is 5.82 Å². The van der Waals surface area contributed by atoms with E-state index in [0.717, 1.165) is 12.1 Å². The van der Waals surface area contributed by atoms with E-state index in [9.17, 15) is 22.4 Å². The fourth-order valence-electron chi connectivity index (χ4n) is 2.35. The Hall–Kier alpha value is -2.90. The monoisotopic (exact) mass is 323 g/mol. The summed E-state index contributed by atoms with van der Waals surface area (Å²) in [6, 6.07) is 6.65. The number of hydrogen-bond acceptors (Lipinski definition) is 2. The van der Waals surface area contributed by atoms with Crippen LogP contribution in [-0.4, -0.2) is 16.6 Å². The van der Waals surface area contributed by atoms with Crippen molar-refractivity contribution in [3.63, 3.8) is 0 Å². The predicted octanol–water partition coefficient (Wildman–Crippen LogP) is 3.96. The standard InChI is InChI=1S/C15H9F4N3O/c16-9-2-3-12(15(17,18)19)10(6-9)8-1-4-13-11(5-8)14(20-7-23)22-21-13/h1-7H,(H2,20,21,22,23). The summed E-state index contributed by atoms with van der Waals surface area (Å²) in [7, 11) is 0. The molecule has 8 heteroatoms. The lowest BCUT2D eigenvalue weighted by molar-refractivity contribution is -0.137. The number of nitrogens with one attached hydrogen (secondary N) is 2. The highest BCUT2D eigenvalue weighted by Gasteiger charge is 2.33. The average Bonchev–Trinajstić information content (AvgIpc) is 2.89. The van der Waals surface area contributed by atoms with Crippen molar-refractivity contribution in [1.82, 2.24) is 10.2 Å². The van der Waals surface area contributed by atoms with Crippen molar-refractivity contribution in [2.24, 2.45) is 0 Å². The molecule has 2 aromatic carbocycles. The molecule has 4 nitrogen and oxygen atoms in total. The van der Waals surface area contributed by atoms with Crippen LogP contribution in [0.3, 0.4) is 0 Å².